The number of carbonyl (C=O) groups is 4. The average Bonchev–Trinajstić information content (AvgIpc) is 3.87. The van der Waals surface area contributed by atoms with Crippen molar-refractivity contribution in [1.82, 2.24) is 0 Å². The Morgan fingerprint density at radius 2 is 0.773 bits per heavy atom. The van der Waals surface area contributed by atoms with Gasteiger partial charge in [-0.3, -0.25) is 19.2 Å². The van der Waals surface area contributed by atoms with E-state index in [0.29, 0.717) is 34.4 Å². The van der Waals surface area contributed by atoms with Gasteiger partial charge in [-0.05, 0) is 72.9 Å². The molecule has 3 aromatic rings. The summed E-state index contributed by atoms with van der Waals surface area (Å²) in [6.45, 7) is 0. The van der Waals surface area contributed by atoms with E-state index in [1.165, 1.54) is 9.80 Å². The van der Waals surface area contributed by atoms with E-state index >= 15 is 0 Å². The number of allylic oxidation sites excluding steroid dienone is 4. The van der Waals surface area contributed by atoms with Crippen LogP contribution in [0.1, 0.15) is 12.8 Å². The molecule has 4 aliphatic carbocycles. The molecule has 2 aliphatic heterocycles. The molecule has 3 aromatic carbocycles. The number of nitrogens with zero attached hydrogens (tertiary/aromatic N) is 2. The molecule has 8 atom stereocenters. The second-order valence-corrected chi connectivity index (χ2v) is 12.7. The molecule has 0 aromatic heterocycles. The summed E-state index contributed by atoms with van der Waals surface area (Å²) in [6.07, 6.45) is 10.1. The van der Waals surface area contributed by atoms with Crippen molar-refractivity contribution in [1.29, 1.82) is 0 Å². The second-order valence-electron chi connectivity index (χ2n) is 12.7. The summed E-state index contributed by atoms with van der Waals surface area (Å²) in [5, 5.41) is 0. The van der Waals surface area contributed by atoms with Gasteiger partial charge in [0.2, 0.25) is 23.6 Å². The third-order valence-electron chi connectivity index (χ3n) is 10.4. The van der Waals surface area contributed by atoms with E-state index in [1.807, 2.05) is 0 Å². The minimum atomic E-state index is -0.261. The Labute approximate surface area is 253 Å². The van der Waals surface area contributed by atoms with E-state index in [1.54, 1.807) is 72.8 Å². The molecule has 0 N–H and O–H groups in total. The second kappa shape index (κ2) is 9.26. The molecule has 4 fully saturated rings. The molecular weight excluding hydrogens is 556 g/mol. The third kappa shape index (κ3) is 3.63. The summed E-state index contributed by atoms with van der Waals surface area (Å²) in [6, 6.07) is 21.2. The van der Waals surface area contributed by atoms with Gasteiger partial charge in [0.25, 0.3) is 0 Å². The highest BCUT2D eigenvalue weighted by Crippen LogP contribution is 2.54. The number of fused-ring (bicyclic) bond motifs is 10. The fourth-order valence-corrected chi connectivity index (χ4v) is 8.56. The number of hydrogen-bond donors (Lipinski definition) is 0. The van der Waals surface area contributed by atoms with Crippen LogP contribution >= 0.6 is 0 Å². The zero-order valence-corrected chi connectivity index (χ0v) is 23.6. The molecule has 2 heterocycles. The first kappa shape index (κ1) is 25.5. The summed E-state index contributed by atoms with van der Waals surface area (Å²) in [7, 11) is 0. The van der Waals surface area contributed by atoms with Gasteiger partial charge >= 0.3 is 0 Å². The molecule has 0 unspecified atom stereocenters. The molecule has 2 saturated heterocycles. The topological polar surface area (TPSA) is 93.2 Å². The first-order chi connectivity index (χ1) is 21.4. The van der Waals surface area contributed by atoms with Crippen molar-refractivity contribution >= 4 is 35.0 Å². The third-order valence-corrected chi connectivity index (χ3v) is 10.4. The highest BCUT2D eigenvalue weighted by atomic mass is 16.5. The first-order valence-electron chi connectivity index (χ1n) is 15.2. The SMILES string of the molecule is O=C1[C@@H]2[C@@H](C(=O)N1c1cccc(Oc3cccc(Oc4cccc(N5C(=O)[C@@H]6[C@H](C5=O)[C@@H]5C=C[C@H]6C5)c4)c3)c1)[C@H]1C=C[C@@H]2C1. The molecule has 9 rings (SSSR count). The maximum atomic E-state index is 13.3. The van der Waals surface area contributed by atoms with Gasteiger partial charge in [-0.15, -0.1) is 0 Å². The van der Waals surface area contributed by atoms with Gasteiger partial charge in [0.05, 0.1) is 35.0 Å². The average molecular weight is 585 g/mol. The molecule has 4 bridgehead atoms. The van der Waals surface area contributed by atoms with Gasteiger partial charge in [-0.1, -0.05) is 42.5 Å². The molecule has 0 spiro atoms. The molecule has 44 heavy (non-hydrogen) atoms. The van der Waals surface area contributed by atoms with Gasteiger partial charge in [-0.25, -0.2) is 9.80 Å². The lowest BCUT2D eigenvalue weighted by Crippen LogP contribution is -2.32. The number of rotatable bonds is 6. The Bertz CT molecular complexity index is 1660. The van der Waals surface area contributed by atoms with Gasteiger partial charge in [0, 0.05) is 18.2 Å². The normalized spacial score (nSPS) is 32.3. The molecule has 2 saturated carbocycles. The number of hydrogen-bond acceptors (Lipinski definition) is 6. The van der Waals surface area contributed by atoms with Gasteiger partial charge in [0.1, 0.15) is 23.0 Å². The molecule has 8 nitrogen and oxygen atoms in total. The molecule has 4 amide bonds. The summed E-state index contributed by atoms with van der Waals surface area (Å²) < 4.78 is 12.3. The number of ether oxygens (including phenoxy) is 2. The summed E-state index contributed by atoms with van der Waals surface area (Å²) in [4.78, 5) is 55.7. The number of amides is 4. The van der Waals surface area contributed by atoms with Crippen LogP contribution in [0.15, 0.2) is 97.1 Å². The largest absolute Gasteiger partial charge is 0.457 e. The lowest BCUT2D eigenvalue weighted by Gasteiger charge is -2.18. The predicted octanol–water partition coefficient (Wildman–Crippen LogP) is 5.89. The van der Waals surface area contributed by atoms with Gasteiger partial charge in [-0.2, -0.15) is 0 Å². The van der Waals surface area contributed by atoms with Crippen molar-refractivity contribution in [3.63, 3.8) is 0 Å². The monoisotopic (exact) mass is 584 g/mol. The van der Waals surface area contributed by atoms with Crippen LogP contribution in [0.2, 0.25) is 0 Å². The Morgan fingerprint density at radius 3 is 1.14 bits per heavy atom. The quantitative estimate of drug-likeness (QED) is 0.265. The number of carbonyl (C=O) groups excluding carboxylic acids is 4. The number of imide groups is 2. The Kier molecular flexibility index (Phi) is 5.37. The van der Waals surface area contributed by atoms with Gasteiger partial charge < -0.3 is 9.47 Å². The van der Waals surface area contributed by atoms with Crippen molar-refractivity contribution in [2.24, 2.45) is 47.3 Å². The van der Waals surface area contributed by atoms with Crippen molar-refractivity contribution in [3.05, 3.63) is 97.1 Å². The minimum Gasteiger partial charge on any atom is -0.457 e. The van der Waals surface area contributed by atoms with E-state index in [0.717, 1.165) is 12.8 Å². The van der Waals surface area contributed by atoms with Crippen LogP contribution in [0, 0.1) is 47.3 Å². The van der Waals surface area contributed by atoms with Crippen LogP contribution in [-0.4, -0.2) is 23.6 Å². The molecule has 218 valence electrons. The van der Waals surface area contributed by atoms with Crippen LogP contribution in [0.5, 0.6) is 23.0 Å². The maximum absolute atomic E-state index is 13.3. The van der Waals surface area contributed by atoms with Crippen molar-refractivity contribution < 1.29 is 28.7 Å². The Balaban J connectivity index is 0.918. The van der Waals surface area contributed by atoms with Crippen LogP contribution in [0.25, 0.3) is 0 Å². The standard InChI is InChI=1S/C36H28N2O6/c39-33-29-19-10-11-20(14-19)30(29)34(40)37(33)23-4-1-6-25(16-23)43-27-8-3-9-28(18-27)44-26-7-2-5-24(17-26)38-35(41)31-21-12-13-22(15-21)32(31)36(38)42/h1-13,16-22,29-32H,14-15H2/t19-,20+,21-,22+,29-,30-,31-,32+/m0/s1. The van der Waals surface area contributed by atoms with Crippen LogP contribution in [0.4, 0.5) is 11.4 Å². The Morgan fingerprint density at radius 1 is 0.455 bits per heavy atom. The highest BCUT2D eigenvalue weighted by molar-refractivity contribution is 6.23. The minimum absolute atomic E-state index is 0.129. The van der Waals surface area contributed by atoms with E-state index < -0.39 is 0 Å². The first-order valence-corrected chi connectivity index (χ1v) is 15.2. The fraction of sp³-hybridized carbons (Fsp3) is 0.278. The molecule has 0 radical (unpaired) electrons. The van der Waals surface area contributed by atoms with Crippen molar-refractivity contribution in [2.75, 3.05) is 9.80 Å². The lowest BCUT2D eigenvalue weighted by atomic mass is 9.85. The van der Waals surface area contributed by atoms with E-state index in [2.05, 4.69) is 24.3 Å². The van der Waals surface area contributed by atoms with Gasteiger partial charge in [0.15, 0.2) is 0 Å². The van der Waals surface area contributed by atoms with E-state index in [9.17, 15) is 19.2 Å². The highest BCUT2D eigenvalue weighted by Gasteiger charge is 2.60. The summed E-state index contributed by atoms with van der Waals surface area (Å²) >= 11 is 0. The van der Waals surface area contributed by atoms with Crippen LogP contribution < -0.4 is 19.3 Å². The van der Waals surface area contributed by atoms with E-state index in [4.69, 9.17) is 9.47 Å². The molecule has 8 heteroatoms. The number of anilines is 2. The molecular formula is C36H28N2O6. The maximum Gasteiger partial charge on any atom is 0.238 e. The lowest BCUT2D eigenvalue weighted by molar-refractivity contribution is -0.124. The number of benzene rings is 3. The van der Waals surface area contributed by atoms with Crippen molar-refractivity contribution in [3.8, 4) is 23.0 Å². The Hall–Kier alpha value is -4.98. The zero-order valence-electron chi connectivity index (χ0n) is 23.6. The predicted molar refractivity (Wildman–Crippen MR) is 160 cm³/mol. The zero-order chi connectivity index (χ0) is 29.7. The van der Waals surface area contributed by atoms with E-state index in [-0.39, 0.29) is 71.0 Å². The van der Waals surface area contributed by atoms with Crippen LogP contribution in [0.3, 0.4) is 0 Å². The smallest absolute Gasteiger partial charge is 0.238 e. The summed E-state index contributed by atoms with van der Waals surface area (Å²) in [5.41, 5.74) is 1.02. The molecule has 6 aliphatic rings. The van der Waals surface area contributed by atoms with Crippen LogP contribution in [-0.2, 0) is 19.2 Å². The van der Waals surface area contributed by atoms with Crippen molar-refractivity contribution in [2.45, 2.75) is 12.8 Å². The summed E-state index contributed by atoms with van der Waals surface area (Å²) in [5.74, 6) is 1.03. The fourth-order valence-electron chi connectivity index (χ4n) is 8.56.